The van der Waals surface area contributed by atoms with Gasteiger partial charge in [-0.25, -0.2) is 4.79 Å². The van der Waals surface area contributed by atoms with Crippen LogP contribution in [0.3, 0.4) is 0 Å². The number of amides is 3. The van der Waals surface area contributed by atoms with Crippen molar-refractivity contribution in [2.45, 2.75) is 45.1 Å². The van der Waals surface area contributed by atoms with Crippen LogP contribution in [-0.4, -0.2) is 53.5 Å². The number of likely N-dealkylation sites (tertiary alicyclic amines) is 1. The van der Waals surface area contributed by atoms with Crippen molar-refractivity contribution in [2.24, 2.45) is 5.92 Å². The lowest BCUT2D eigenvalue weighted by Crippen LogP contribution is -2.55. The van der Waals surface area contributed by atoms with Crippen molar-refractivity contribution in [1.82, 2.24) is 15.1 Å². The standard InChI is InChI=1S/C20H29N3O2/c1-16(2)15-22-13-10-20(11-14-22)18(24)23(19(25)21-20)12-6-9-17-7-4-3-5-8-17/h3-5,7-8,16H,6,9-15H2,1-2H3,(H,21,25). The Morgan fingerprint density at radius 1 is 1.12 bits per heavy atom. The van der Waals surface area contributed by atoms with E-state index >= 15 is 0 Å². The van der Waals surface area contributed by atoms with Gasteiger partial charge in [0.05, 0.1) is 0 Å². The molecule has 2 heterocycles. The molecule has 0 radical (unpaired) electrons. The second-order valence-corrected chi connectivity index (χ2v) is 7.75. The van der Waals surface area contributed by atoms with Crippen molar-refractivity contribution in [3.63, 3.8) is 0 Å². The van der Waals surface area contributed by atoms with E-state index in [0.717, 1.165) is 45.3 Å². The summed E-state index contributed by atoms with van der Waals surface area (Å²) >= 11 is 0. The highest BCUT2D eigenvalue weighted by molar-refractivity contribution is 6.07. The molecule has 0 aliphatic carbocycles. The number of benzene rings is 1. The summed E-state index contributed by atoms with van der Waals surface area (Å²) in [5.74, 6) is 0.604. The van der Waals surface area contributed by atoms with Gasteiger partial charge in [0.25, 0.3) is 5.91 Å². The van der Waals surface area contributed by atoms with Gasteiger partial charge in [-0.05, 0) is 37.2 Å². The normalized spacial score (nSPS) is 20.5. The van der Waals surface area contributed by atoms with E-state index in [2.05, 4.69) is 36.2 Å². The van der Waals surface area contributed by atoms with Crippen LogP contribution in [0.4, 0.5) is 4.79 Å². The molecule has 2 aliphatic rings. The number of hydrogen-bond acceptors (Lipinski definition) is 3. The lowest BCUT2D eigenvalue weighted by molar-refractivity contribution is -0.133. The maximum Gasteiger partial charge on any atom is 0.325 e. The van der Waals surface area contributed by atoms with Crippen LogP contribution in [0.1, 0.15) is 38.7 Å². The molecule has 0 aromatic heterocycles. The van der Waals surface area contributed by atoms with E-state index < -0.39 is 5.54 Å². The maximum atomic E-state index is 12.9. The zero-order valence-corrected chi connectivity index (χ0v) is 15.3. The van der Waals surface area contributed by atoms with Gasteiger partial charge in [-0.1, -0.05) is 44.2 Å². The molecule has 1 spiro atoms. The van der Waals surface area contributed by atoms with Crippen molar-refractivity contribution >= 4 is 11.9 Å². The lowest BCUT2D eigenvalue weighted by Gasteiger charge is -2.38. The molecule has 3 rings (SSSR count). The van der Waals surface area contributed by atoms with Gasteiger partial charge < -0.3 is 10.2 Å². The molecule has 0 unspecified atom stereocenters. The first-order valence-electron chi connectivity index (χ1n) is 9.40. The maximum absolute atomic E-state index is 12.9. The van der Waals surface area contributed by atoms with E-state index in [9.17, 15) is 9.59 Å². The molecule has 0 bridgehead atoms. The van der Waals surface area contributed by atoms with Crippen molar-refractivity contribution in [1.29, 1.82) is 0 Å². The van der Waals surface area contributed by atoms with Crippen molar-refractivity contribution < 1.29 is 9.59 Å². The largest absolute Gasteiger partial charge is 0.325 e. The lowest BCUT2D eigenvalue weighted by atomic mass is 9.87. The van der Waals surface area contributed by atoms with Gasteiger partial charge >= 0.3 is 6.03 Å². The fourth-order valence-electron chi connectivity index (χ4n) is 3.94. The van der Waals surface area contributed by atoms with Crippen LogP contribution in [0.25, 0.3) is 0 Å². The average Bonchev–Trinajstić information content (AvgIpc) is 2.82. The molecule has 3 amide bonds. The zero-order valence-electron chi connectivity index (χ0n) is 15.3. The smallest absolute Gasteiger partial charge is 0.323 e. The summed E-state index contributed by atoms with van der Waals surface area (Å²) in [6, 6.07) is 9.98. The molecule has 2 fully saturated rings. The first-order valence-corrected chi connectivity index (χ1v) is 9.40. The number of nitrogens with one attached hydrogen (secondary N) is 1. The van der Waals surface area contributed by atoms with E-state index in [-0.39, 0.29) is 11.9 Å². The van der Waals surface area contributed by atoms with Gasteiger partial charge in [0.15, 0.2) is 0 Å². The Kier molecular flexibility index (Phi) is 5.42. The topological polar surface area (TPSA) is 52.7 Å². The second-order valence-electron chi connectivity index (χ2n) is 7.75. The van der Waals surface area contributed by atoms with Crippen LogP contribution >= 0.6 is 0 Å². The Hall–Kier alpha value is -1.88. The van der Waals surface area contributed by atoms with Crippen molar-refractivity contribution in [3.05, 3.63) is 35.9 Å². The van der Waals surface area contributed by atoms with Gasteiger partial charge in [-0.2, -0.15) is 0 Å². The molecule has 1 aromatic carbocycles. The number of piperidine rings is 1. The van der Waals surface area contributed by atoms with Crippen LogP contribution < -0.4 is 5.32 Å². The summed E-state index contributed by atoms with van der Waals surface area (Å²) < 4.78 is 0. The average molecular weight is 343 g/mol. The number of urea groups is 1. The molecular weight excluding hydrogens is 314 g/mol. The van der Waals surface area contributed by atoms with Crippen LogP contribution in [-0.2, 0) is 11.2 Å². The van der Waals surface area contributed by atoms with Gasteiger partial charge in [0.1, 0.15) is 5.54 Å². The van der Waals surface area contributed by atoms with E-state index in [4.69, 9.17) is 0 Å². The third-order valence-electron chi connectivity index (χ3n) is 5.27. The van der Waals surface area contributed by atoms with Crippen LogP contribution in [0.5, 0.6) is 0 Å². The van der Waals surface area contributed by atoms with E-state index in [1.165, 1.54) is 10.5 Å². The quantitative estimate of drug-likeness (QED) is 0.808. The minimum absolute atomic E-state index is 0.0187. The summed E-state index contributed by atoms with van der Waals surface area (Å²) in [4.78, 5) is 29.1. The molecular formula is C20H29N3O2. The first kappa shape index (κ1) is 17.9. The van der Waals surface area contributed by atoms with Gasteiger partial charge in [-0.3, -0.25) is 9.69 Å². The number of rotatable bonds is 6. The predicted octanol–water partition coefficient (Wildman–Crippen LogP) is 2.66. The Balaban J connectivity index is 1.54. The van der Waals surface area contributed by atoms with Gasteiger partial charge in [0.2, 0.25) is 0 Å². The molecule has 5 nitrogen and oxygen atoms in total. The molecule has 1 N–H and O–H groups in total. The van der Waals surface area contributed by atoms with Crippen molar-refractivity contribution in [3.8, 4) is 0 Å². The summed E-state index contributed by atoms with van der Waals surface area (Å²) in [5, 5.41) is 3.00. The summed E-state index contributed by atoms with van der Waals surface area (Å²) in [6.07, 6.45) is 3.13. The molecule has 136 valence electrons. The summed E-state index contributed by atoms with van der Waals surface area (Å²) in [6.45, 7) is 7.73. The highest BCUT2D eigenvalue weighted by atomic mass is 16.2. The van der Waals surface area contributed by atoms with Crippen LogP contribution in [0, 0.1) is 5.92 Å². The molecule has 2 saturated heterocycles. The van der Waals surface area contributed by atoms with E-state index in [0.29, 0.717) is 12.5 Å². The first-order chi connectivity index (χ1) is 12.0. The number of carbonyl (C=O) groups is 2. The molecule has 0 atom stereocenters. The van der Waals surface area contributed by atoms with E-state index in [1.54, 1.807) is 0 Å². The molecule has 5 heteroatoms. The second kappa shape index (κ2) is 7.56. The fourth-order valence-corrected chi connectivity index (χ4v) is 3.94. The number of aryl methyl sites for hydroxylation is 1. The molecule has 2 aliphatic heterocycles. The number of imide groups is 1. The van der Waals surface area contributed by atoms with Crippen molar-refractivity contribution in [2.75, 3.05) is 26.2 Å². The minimum Gasteiger partial charge on any atom is -0.323 e. The summed E-state index contributed by atoms with van der Waals surface area (Å²) in [7, 11) is 0. The number of hydrogen-bond donors (Lipinski definition) is 1. The molecule has 1 aromatic rings. The SMILES string of the molecule is CC(C)CN1CCC2(CC1)NC(=O)N(CCCc1ccccc1)C2=O. The highest BCUT2D eigenvalue weighted by Gasteiger charge is 2.51. The fraction of sp³-hybridized carbons (Fsp3) is 0.600. The molecule has 25 heavy (non-hydrogen) atoms. The Morgan fingerprint density at radius 3 is 2.44 bits per heavy atom. The predicted molar refractivity (Wildman–Crippen MR) is 98.3 cm³/mol. The van der Waals surface area contributed by atoms with Crippen LogP contribution in [0.2, 0.25) is 0 Å². The summed E-state index contributed by atoms with van der Waals surface area (Å²) in [5.41, 5.74) is 0.586. The third kappa shape index (κ3) is 4.03. The highest BCUT2D eigenvalue weighted by Crippen LogP contribution is 2.30. The Bertz CT molecular complexity index is 607. The van der Waals surface area contributed by atoms with Gasteiger partial charge in [0, 0.05) is 26.2 Å². The van der Waals surface area contributed by atoms with Gasteiger partial charge in [-0.15, -0.1) is 0 Å². The zero-order chi connectivity index (χ0) is 17.9. The third-order valence-corrected chi connectivity index (χ3v) is 5.27. The Morgan fingerprint density at radius 2 is 1.80 bits per heavy atom. The Labute approximate surface area is 150 Å². The van der Waals surface area contributed by atoms with E-state index in [1.807, 2.05) is 18.2 Å². The monoisotopic (exact) mass is 343 g/mol. The molecule has 0 saturated carbocycles. The number of nitrogens with zero attached hydrogens (tertiary/aromatic N) is 2. The number of carbonyl (C=O) groups excluding carboxylic acids is 2. The minimum atomic E-state index is -0.655. The van der Waals surface area contributed by atoms with Crippen LogP contribution in [0.15, 0.2) is 30.3 Å².